The minimum atomic E-state index is 0.0814. The van der Waals surface area contributed by atoms with Crippen molar-refractivity contribution in [3.8, 4) is 0 Å². The molecule has 1 heteroatoms. The number of rotatable bonds is 2. The van der Waals surface area contributed by atoms with E-state index in [-0.39, 0.29) is 5.41 Å². The third-order valence-corrected chi connectivity index (χ3v) is 1.37. The van der Waals surface area contributed by atoms with Gasteiger partial charge in [-0.3, -0.25) is 4.99 Å². The van der Waals surface area contributed by atoms with Crippen molar-refractivity contribution >= 4 is 6.21 Å². The highest BCUT2D eigenvalue weighted by Gasteiger charge is 2.12. The molecule has 0 aromatic carbocycles. The molecule has 0 saturated carbocycles. The van der Waals surface area contributed by atoms with Crippen LogP contribution in [0.15, 0.2) is 29.4 Å². The Morgan fingerprint density at radius 1 is 1.36 bits per heavy atom. The molecule has 0 aromatic rings. The summed E-state index contributed by atoms with van der Waals surface area (Å²) in [5.74, 6) is 0. The summed E-state index contributed by atoms with van der Waals surface area (Å²) in [6.45, 7) is 12.1. The smallest absolute Gasteiger partial charge is 0.0385 e. The summed E-state index contributed by atoms with van der Waals surface area (Å²) in [6.07, 6.45) is 5.62. The van der Waals surface area contributed by atoms with Gasteiger partial charge >= 0.3 is 0 Å². The Morgan fingerprint density at radius 3 is 2.27 bits per heavy atom. The molecule has 0 N–H and O–H groups in total. The number of hydrogen-bond donors (Lipinski definition) is 0. The first-order valence-corrected chi connectivity index (χ1v) is 3.83. The molecule has 0 aliphatic rings. The maximum absolute atomic E-state index is 4.18. The van der Waals surface area contributed by atoms with Crippen LogP contribution in [0.25, 0.3) is 0 Å². The predicted molar refractivity (Wildman–Crippen MR) is 51.9 cm³/mol. The first-order valence-electron chi connectivity index (χ1n) is 3.83. The zero-order valence-corrected chi connectivity index (χ0v) is 7.89. The highest BCUT2D eigenvalue weighted by molar-refractivity contribution is 5.71. The Bertz CT molecular complexity index is 180. The van der Waals surface area contributed by atoms with Crippen LogP contribution in [0.2, 0.25) is 0 Å². The van der Waals surface area contributed by atoms with Gasteiger partial charge in [0.05, 0.1) is 0 Å². The van der Waals surface area contributed by atoms with Crippen LogP contribution in [0, 0.1) is 5.41 Å². The van der Waals surface area contributed by atoms with Crippen LogP contribution < -0.4 is 0 Å². The molecule has 0 spiro atoms. The molecule has 62 valence electrons. The fourth-order valence-electron chi connectivity index (χ4n) is 0.413. The van der Waals surface area contributed by atoms with E-state index in [0.717, 1.165) is 5.70 Å². The normalized spacial score (nSPS) is 13.1. The predicted octanol–water partition coefficient (Wildman–Crippen LogP) is 3.19. The second-order valence-corrected chi connectivity index (χ2v) is 3.50. The molecule has 0 atom stereocenters. The van der Waals surface area contributed by atoms with E-state index in [4.69, 9.17) is 0 Å². The molecule has 0 amide bonds. The molecule has 0 radical (unpaired) electrons. The van der Waals surface area contributed by atoms with Crippen LogP contribution in [0.3, 0.4) is 0 Å². The van der Waals surface area contributed by atoms with E-state index in [1.54, 1.807) is 6.21 Å². The summed E-state index contributed by atoms with van der Waals surface area (Å²) in [6, 6.07) is 0. The number of allylic oxidation sites excluding steroid dienone is 3. The maximum Gasteiger partial charge on any atom is 0.0385 e. The summed E-state index contributed by atoms with van der Waals surface area (Å²) < 4.78 is 0. The molecule has 0 aliphatic heterocycles. The Balaban J connectivity index is 4.08. The van der Waals surface area contributed by atoms with Gasteiger partial charge in [-0.2, -0.15) is 0 Å². The van der Waals surface area contributed by atoms with Crippen molar-refractivity contribution in [2.24, 2.45) is 10.4 Å². The van der Waals surface area contributed by atoms with Crippen molar-refractivity contribution in [1.29, 1.82) is 0 Å². The Labute approximate surface area is 69.5 Å². The number of aliphatic imine (C=N–C) groups is 1. The Kier molecular flexibility index (Phi) is 3.80. The van der Waals surface area contributed by atoms with E-state index in [0.29, 0.717) is 0 Å². The first-order chi connectivity index (χ1) is 4.98. The van der Waals surface area contributed by atoms with Crippen LogP contribution in [-0.2, 0) is 0 Å². The SMILES string of the molecule is C=C(/N=C\C=C/C)C(C)(C)C. The van der Waals surface area contributed by atoms with Gasteiger partial charge in [-0.05, 0) is 13.0 Å². The van der Waals surface area contributed by atoms with Gasteiger partial charge in [-0.1, -0.05) is 33.4 Å². The van der Waals surface area contributed by atoms with E-state index < -0.39 is 0 Å². The third kappa shape index (κ3) is 4.54. The van der Waals surface area contributed by atoms with Crippen molar-refractivity contribution in [1.82, 2.24) is 0 Å². The zero-order valence-electron chi connectivity index (χ0n) is 7.89. The second-order valence-electron chi connectivity index (χ2n) is 3.50. The van der Waals surface area contributed by atoms with E-state index in [1.165, 1.54) is 0 Å². The molecular formula is C10H17N. The lowest BCUT2D eigenvalue weighted by Crippen LogP contribution is -2.06. The first kappa shape index (κ1) is 10.2. The Morgan fingerprint density at radius 2 is 1.91 bits per heavy atom. The van der Waals surface area contributed by atoms with Crippen LogP contribution >= 0.6 is 0 Å². The van der Waals surface area contributed by atoms with Crippen molar-refractivity contribution in [2.45, 2.75) is 27.7 Å². The van der Waals surface area contributed by atoms with Crippen molar-refractivity contribution < 1.29 is 0 Å². The van der Waals surface area contributed by atoms with E-state index in [9.17, 15) is 0 Å². The molecule has 0 fully saturated rings. The van der Waals surface area contributed by atoms with E-state index in [2.05, 4.69) is 32.3 Å². The van der Waals surface area contributed by atoms with Gasteiger partial charge < -0.3 is 0 Å². The summed E-state index contributed by atoms with van der Waals surface area (Å²) >= 11 is 0. The lowest BCUT2D eigenvalue weighted by molar-refractivity contribution is 0.501. The average Bonchev–Trinajstić information content (AvgIpc) is 1.86. The van der Waals surface area contributed by atoms with Crippen molar-refractivity contribution in [3.63, 3.8) is 0 Å². The molecule has 1 nitrogen and oxygen atoms in total. The highest BCUT2D eigenvalue weighted by atomic mass is 14.7. The summed E-state index contributed by atoms with van der Waals surface area (Å²) in [5.41, 5.74) is 0.994. The molecule has 0 saturated heterocycles. The summed E-state index contributed by atoms with van der Waals surface area (Å²) in [5, 5.41) is 0. The summed E-state index contributed by atoms with van der Waals surface area (Å²) in [7, 11) is 0. The topological polar surface area (TPSA) is 12.4 Å². The van der Waals surface area contributed by atoms with Gasteiger partial charge in [0.2, 0.25) is 0 Å². The van der Waals surface area contributed by atoms with Gasteiger partial charge in [0, 0.05) is 17.3 Å². The minimum absolute atomic E-state index is 0.0814. The molecule has 11 heavy (non-hydrogen) atoms. The Hall–Kier alpha value is -0.850. The second kappa shape index (κ2) is 4.12. The quantitative estimate of drug-likeness (QED) is 0.537. The molecule has 0 rings (SSSR count). The fraction of sp³-hybridized carbons (Fsp3) is 0.500. The molecule has 0 aliphatic carbocycles. The zero-order chi connectivity index (χ0) is 8.91. The molecule has 0 bridgehead atoms. The van der Waals surface area contributed by atoms with Crippen LogP contribution in [0.4, 0.5) is 0 Å². The average molecular weight is 151 g/mol. The van der Waals surface area contributed by atoms with E-state index >= 15 is 0 Å². The lowest BCUT2D eigenvalue weighted by Gasteiger charge is -2.16. The van der Waals surface area contributed by atoms with Gasteiger partial charge in [0.15, 0.2) is 0 Å². The van der Waals surface area contributed by atoms with Crippen molar-refractivity contribution in [3.05, 3.63) is 24.4 Å². The monoisotopic (exact) mass is 151 g/mol. The highest BCUT2D eigenvalue weighted by Crippen LogP contribution is 2.23. The van der Waals surface area contributed by atoms with Crippen LogP contribution in [0.1, 0.15) is 27.7 Å². The van der Waals surface area contributed by atoms with Gasteiger partial charge in [-0.15, -0.1) is 0 Å². The van der Waals surface area contributed by atoms with Crippen LogP contribution in [-0.4, -0.2) is 6.21 Å². The number of hydrogen-bond acceptors (Lipinski definition) is 1. The molecule has 0 heterocycles. The standard InChI is InChI=1S/C10H17N/c1-6-7-8-11-9(2)10(3,4)5/h6-8H,2H2,1,3-5H3/b7-6-,11-8-. The maximum atomic E-state index is 4.18. The lowest BCUT2D eigenvalue weighted by atomic mass is 9.93. The van der Waals surface area contributed by atoms with Gasteiger partial charge in [-0.25, -0.2) is 0 Å². The minimum Gasteiger partial charge on any atom is -0.261 e. The fourth-order valence-corrected chi connectivity index (χ4v) is 0.413. The molecule has 0 aromatic heterocycles. The summed E-state index contributed by atoms with van der Waals surface area (Å²) in [4.78, 5) is 4.18. The van der Waals surface area contributed by atoms with Gasteiger partial charge in [0.1, 0.15) is 0 Å². The van der Waals surface area contributed by atoms with E-state index in [1.807, 2.05) is 19.1 Å². The third-order valence-electron chi connectivity index (χ3n) is 1.37. The largest absolute Gasteiger partial charge is 0.261 e. The molecule has 0 unspecified atom stereocenters. The van der Waals surface area contributed by atoms with Crippen molar-refractivity contribution in [2.75, 3.05) is 0 Å². The van der Waals surface area contributed by atoms with Gasteiger partial charge in [0.25, 0.3) is 0 Å². The number of nitrogens with zero attached hydrogens (tertiary/aromatic N) is 1. The molecular weight excluding hydrogens is 134 g/mol. The van der Waals surface area contributed by atoms with Crippen LogP contribution in [0.5, 0.6) is 0 Å².